The number of benzene rings is 1. The minimum absolute atomic E-state index is 0.0916. The molecule has 1 aromatic carbocycles. The molecule has 10 heteroatoms. The maximum Gasteiger partial charge on any atom is 0.408 e. The highest BCUT2D eigenvalue weighted by Gasteiger charge is 2.47. The lowest BCUT2D eigenvalue weighted by atomic mass is 10.1. The van der Waals surface area contributed by atoms with Crippen LogP contribution in [0.5, 0.6) is 0 Å². The van der Waals surface area contributed by atoms with Gasteiger partial charge in [-0.2, -0.15) is 22.5 Å². The van der Waals surface area contributed by atoms with Crippen LogP contribution >= 0.6 is 0 Å². The summed E-state index contributed by atoms with van der Waals surface area (Å²) in [6, 6.07) is 6.83. The highest BCUT2D eigenvalue weighted by Crippen LogP contribution is 2.35. The summed E-state index contributed by atoms with van der Waals surface area (Å²) in [7, 11) is 0. The fourth-order valence-electron chi connectivity index (χ4n) is 3.76. The number of halogens is 4. The lowest BCUT2D eigenvalue weighted by molar-refractivity contribution is -0.153. The number of hydrogen-bond acceptors (Lipinski definition) is 5. The number of alkyl halides is 3. The van der Waals surface area contributed by atoms with Crippen LogP contribution in [0.15, 0.2) is 35.1 Å². The molecule has 156 valence electrons. The maximum absolute atomic E-state index is 14.7. The maximum atomic E-state index is 14.7. The third-order valence-electron chi connectivity index (χ3n) is 5.22. The minimum atomic E-state index is -4.51. The molecule has 1 saturated heterocycles. The Morgan fingerprint density at radius 1 is 1.10 bits per heavy atom. The van der Waals surface area contributed by atoms with E-state index in [1.807, 2.05) is 0 Å². The van der Waals surface area contributed by atoms with Gasteiger partial charge < -0.3 is 14.5 Å². The van der Waals surface area contributed by atoms with Gasteiger partial charge in [0.1, 0.15) is 6.04 Å². The van der Waals surface area contributed by atoms with Crippen molar-refractivity contribution in [3.05, 3.63) is 52.1 Å². The first-order valence-corrected chi connectivity index (χ1v) is 9.36. The number of anilines is 2. The van der Waals surface area contributed by atoms with Crippen LogP contribution in [0.3, 0.4) is 0 Å². The molecule has 0 saturated carbocycles. The van der Waals surface area contributed by atoms with Crippen molar-refractivity contribution in [1.82, 2.24) is 9.55 Å². The Morgan fingerprint density at radius 2 is 1.79 bits per heavy atom. The lowest BCUT2D eigenvalue weighted by Gasteiger charge is -2.39. The molecule has 0 N–H and O–H groups in total. The third kappa shape index (κ3) is 3.81. The highest BCUT2D eigenvalue weighted by atomic mass is 19.4. The molecular formula is C19H20F4N4O2. The van der Waals surface area contributed by atoms with E-state index in [0.29, 0.717) is 31.9 Å². The number of hydrogen-bond donors (Lipinski definition) is 0. The van der Waals surface area contributed by atoms with E-state index in [1.165, 1.54) is 0 Å². The second-order valence-corrected chi connectivity index (χ2v) is 7.07. The highest BCUT2D eigenvalue weighted by molar-refractivity contribution is 5.48. The molecule has 0 bridgehead atoms. The van der Waals surface area contributed by atoms with Crippen molar-refractivity contribution in [2.75, 3.05) is 36.1 Å². The van der Waals surface area contributed by atoms with Crippen LogP contribution in [0.2, 0.25) is 0 Å². The Kier molecular flexibility index (Phi) is 5.20. The Hall–Kier alpha value is -2.62. The van der Waals surface area contributed by atoms with E-state index >= 15 is 0 Å². The fraction of sp³-hybridized carbons (Fsp3) is 0.474. The molecule has 0 amide bonds. The van der Waals surface area contributed by atoms with Crippen molar-refractivity contribution >= 4 is 11.8 Å². The van der Waals surface area contributed by atoms with Crippen LogP contribution in [0, 0.1) is 5.82 Å². The van der Waals surface area contributed by atoms with Gasteiger partial charge in [0.15, 0.2) is 5.82 Å². The zero-order valence-electron chi connectivity index (χ0n) is 15.5. The topological polar surface area (TPSA) is 50.6 Å². The first-order valence-electron chi connectivity index (χ1n) is 9.36. The molecule has 3 heterocycles. The van der Waals surface area contributed by atoms with Gasteiger partial charge in [0, 0.05) is 26.2 Å². The molecule has 1 aromatic heterocycles. The van der Waals surface area contributed by atoms with Crippen LogP contribution in [-0.2, 0) is 17.8 Å². The molecule has 4 rings (SSSR count). The molecule has 29 heavy (non-hydrogen) atoms. The predicted octanol–water partition coefficient (Wildman–Crippen LogP) is 2.56. The summed E-state index contributed by atoms with van der Waals surface area (Å²) >= 11 is 0. The van der Waals surface area contributed by atoms with Crippen LogP contribution in [0.1, 0.15) is 12.0 Å². The summed E-state index contributed by atoms with van der Waals surface area (Å²) in [5.74, 6) is -1.42. The Morgan fingerprint density at radius 3 is 2.45 bits per heavy atom. The van der Waals surface area contributed by atoms with Crippen LogP contribution in [-0.4, -0.2) is 48.1 Å². The van der Waals surface area contributed by atoms with Gasteiger partial charge in [-0.05, 0) is 12.0 Å². The Balaban J connectivity index is 1.81. The number of rotatable bonds is 3. The normalized spacial score (nSPS) is 19.9. The van der Waals surface area contributed by atoms with Gasteiger partial charge in [-0.25, -0.2) is 0 Å². The average Bonchev–Trinajstić information content (AvgIpc) is 2.71. The van der Waals surface area contributed by atoms with E-state index in [0.717, 1.165) is 9.47 Å². The molecule has 6 nitrogen and oxygen atoms in total. The summed E-state index contributed by atoms with van der Waals surface area (Å²) in [6.45, 7) is 0.960. The monoisotopic (exact) mass is 412 g/mol. The number of ether oxygens (including phenoxy) is 1. The quantitative estimate of drug-likeness (QED) is 0.726. The Bertz CT molecular complexity index is 926. The molecular weight excluding hydrogens is 392 g/mol. The first-order chi connectivity index (χ1) is 13.9. The second-order valence-electron chi connectivity index (χ2n) is 7.07. The molecule has 1 fully saturated rings. The second kappa shape index (κ2) is 7.66. The lowest BCUT2D eigenvalue weighted by Crippen LogP contribution is -2.52. The summed E-state index contributed by atoms with van der Waals surface area (Å²) in [4.78, 5) is 19.4. The van der Waals surface area contributed by atoms with E-state index in [9.17, 15) is 22.4 Å². The van der Waals surface area contributed by atoms with Gasteiger partial charge in [0.2, 0.25) is 11.8 Å². The molecule has 0 radical (unpaired) electrons. The van der Waals surface area contributed by atoms with Crippen molar-refractivity contribution in [2.45, 2.75) is 31.7 Å². The standard InChI is InChI=1S/C19H20F4N4O2/c20-15-16(25-8-10-29-11-9-25)24-18-26(17(15)28)7-6-14(19(21,22)23)27(18)12-13-4-2-1-3-5-13/h1-5,14H,6-12H2. The van der Waals surface area contributed by atoms with Gasteiger partial charge in [0.05, 0.1) is 13.2 Å². The summed E-state index contributed by atoms with van der Waals surface area (Å²) in [5, 5.41) is 0. The number of aromatic nitrogens is 2. The molecule has 1 unspecified atom stereocenters. The van der Waals surface area contributed by atoms with Gasteiger partial charge in [-0.3, -0.25) is 9.36 Å². The molecule has 2 aromatic rings. The zero-order valence-corrected chi connectivity index (χ0v) is 15.5. The van der Waals surface area contributed by atoms with Gasteiger partial charge in [0.25, 0.3) is 5.56 Å². The molecule has 1 atom stereocenters. The minimum Gasteiger partial charge on any atom is -0.378 e. The van der Waals surface area contributed by atoms with E-state index in [1.54, 1.807) is 35.2 Å². The smallest absolute Gasteiger partial charge is 0.378 e. The van der Waals surface area contributed by atoms with Crippen LogP contribution in [0.25, 0.3) is 0 Å². The van der Waals surface area contributed by atoms with Gasteiger partial charge in [-0.1, -0.05) is 30.3 Å². The number of fused-ring (bicyclic) bond motifs is 1. The molecule has 0 aliphatic carbocycles. The molecule has 2 aliphatic heterocycles. The predicted molar refractivity (Wildman–Crippen MR) is 98.6 cm³/mol. The first kappa shape index (κ1) is 19.7. The van der Waals surface area contributed by atoms with E-state index in [2.05, 4.69) is 4.98 Å². The molecule has 2 aliphatic rings. The SMILES string of the molecule is O=c1c(F)c(N2CCOCC2)nc2n1CCC(C(F)(F)F)N2Cc1ccccc1. The van der Waals surface area contributed by atoms with Crippen molar-refractivity contribution in [3.8, 4) is 0 Å². The average molecular weight is 412 g/mol. The largest absolute Gasteiger partial charge is 0.408 e. The van der Waals surface area contributed by atoms with Gasteiger partial charge >= 0.3 is 6.18 Å². The van der Waals surface area contributed by atoms with E-state index < -0.39 is 23.6 Å². The van der Waals surface area contributed by atoms with E-state index in [4.69, 9.17) is 4.74 Å². The third-order valence-corrected chi connectivity index (χ3v) is 5.22. The van der Waals surface area contributed by atoms with E-state index in [-0.39, 0.29) is 31.3 Å². The van der Waals surface area contributed by atoms with Crippen LogP contribution in [0.4, 0.5) is 29.3 Å². The van der Waals surface area contributed by atoms with Gasteiger partial charge in [-0.15, -0.1) is 0 Å². The van der Waals surface area contributed by atoms with Crippen molar-refractivity contribution in [3.63, 3.8) is 0 Å². The fourth-order valence-corrected chi connectivity index (χ4v) is 3.76. The zero-order chi connectivity index (χ0) is 20.6. The number of morpholine rings is 1. The van der Waals surface area contributed by atoms with Crippen molar-refractivity contribution < 1.29 is 22.3 Å². The van der Waals surface area contributed by atoms with Crippen molar-refractivity contribution in [2.24, 2.45) is 0 Å². The molecule has 0 spiro atoms. The number of nitrogens with zero attached hydrogens (tertiary/aromatic N) is 4. The summed E-state index contributed by atoms with van der Waals surface area (Å²) < 4.78 is 62.3. The summed E-state index contributed by atoms with van der Waals surface area (Å²) in [6.07, 6.45) is -4.85. The summed E-state index contributed by atoms with van der Waals surface area (Å²) in [5.41, 5.74) is -0.308. The van der Waals surface area contributed by atoms with Crippen LogP contribution < -0.4 is 15.4 Å². The Labute approximate surface area is 164 Å². The van der Waals surface area contributed by atoms with Crippen molar-refractivity contribution in [1.29, 1.82) is 0 Å².